The highest BCUT2D eigenvalue weighted by Crippen LogP contribution is 2.35. The highest BCUT2D eigenvalue weighted by molar-refractivity contribution is 9.10. The van der Waals surface area contributed by atoms with E-state index < -0.39 is 23.6 Å². The summed E-state index contributed by atoms with van der Waals surface area (Å²) in [4.78, 5) is 39.0. The Morgan fingerprint density at radius 1 is 1.03 bits per heavy atom. The summed E-state index contributed by atoms with van der Waals surface area (Å²) in [6, 6.07) is 17.5. The van der Waals surface area contributed by atoms with E-state index >= 15 is 0 Å². The number of halogens is 3. The van der Waals surface area contributed by atoms with Crippen LogP contribution < -0.4 is 14.8 Å². The van der Waals surface area contributed by atoms with Gasteiger partial charge in [-0.05, 0) is 88.2 Å². The fraction of sp³-hybridized carbons (Fsp3) is 0.148. The number of carbonyl (C=O) groups is 3. The summed E-state index contributed by atoms with van der Waals surface area (Å²) in [6.07, 6.45) is 1.59. The zero-order valence-electron chi connectivity index (χ0n) is 20.0. The van der Waals surface area contributed by atoms with Gasteiger partial charge in [-0.25, -0.2) is 0 Å². The highest BCUT2D eigenvalue weighted by Gasteiger charge is 2.36. The molecule has 1 aliphatic heterocycles. The maximum Gasteiger partial charge on any atom is 0.294 e. The Kier molecular flexibility index (Phi) is 9.38. The van der Waals surface area contributed by atoms with Crippen LogP contribution in [-0.4, -0.2) is 35.1 Å². The molecule has 0 spiro atoms. The van der Waals surface area contributed by atoms with Gasteiger partial charge >= 0.3 is 0 Å². The molecule has 11 heteroatoms. The zero-order valence-corrected chi connectivity index (χ0v) is 23.9. The minimum absolute atomic E-state index is 0.204. The number of carbonyl (C=O) groups excluding carboxylic acids is 3. The van der Waals surface area contributed by atoms with Gasteiger partial charge in [-0.15, -0.1) is 0 Å². The third kappa shape index (κ3) is 6.91. The average molecular weight is 636 g/mol. The predicted molar refractivity (Wildman–Crippen MR) is 154 cm³/mol. The smallest absolute Gasteiger partial charge is 0.294 e. The summed E-state index contributed by atoms with van der Waals surface area (Å²) in [5.41, 5.74) is 2.02. The summed E-state index contributed by atoms with van der Waals surface area (Å²) < 4.78 is 12.3. The lowest BCUT2D eigenvalue weighted by molar-refractivity contribution is -0.127. The summed E-state index contributed by atoms with van der Waals surface area (Å²) in [5.74, 6) is -0.0389. The number of amides is 3. The maximum atomic E-state index is 12.9. The second kappa shape index (κ2) is 12.7. The minimum Gasteiger partial charge on any atom is -0.490 e. The third-order valence-electron chi connectivity index (χ3n) is 5.27. The number of benzene rings is 3. The van der Waals surface area contributed by atoms with Crippen LogP contribution in [0.3, 0.4) is 0 Å². The molecule has 0 saturated carbocycles. The number of anilines is 1. The number of para-hydroxylation sites is 1. The van der Waals surface area contributed by atoms with Gasteiger partial charge in [0.2, 0.25) is 5.91 Å². The molecule has 3 amide bonds. The van der Waals surface area contributed by atoms with Crippen LogP contribution in [0.4, 0.5) is 10.5 Å². The molecular formula is C27H21BrCl2N2O5S. The fourth-order valence-corrected chi connectivity index (χ4v) is 5.02. The largest absolute Gasteiger partial charge is 0.490 e. The van der Waals surface area contributed by atoms with Gasteiger partial charge in [0, 0.05) is 4.47 Å². The number of thioether (sulfide) groups is 1. The number of ether oxygens (including phenoxy) is 2. The van der Waals surface area contributed by atoms with Crippen molar-refractivity contribution in [2.24, 2.45) is 0 Å². The van der Waals surface area contributed by atoms with Crippen molar-refractivity contribution < 1.29 is 23.9 Å². The molecule has 3 aromatic rings. The van der Waals surface area contributed by atoms with Crippen LogP contribution in [-0.2, 0) is 16.2 Å². The second-order valence-electron chi connectivity index (χ2n) is 7.97. The lowest BCUT2D eigenvalue weighted by Crippen LogP contribution is -2.36. The van der Waals surface area contributed by atoms with Gasteiger partial charge in [0.25, 0.3) is 11.1 Å². The zero-order chi connectivity index (χ0) is 27.2. The third-order valence-corrected chi connectivity index (χ3v) is 7.60. The second-order valence-corrected chi connectivity index (χ2v) is 10.6. The van der Waals surface area contributed by atoms with Gasteiger partial charge in [-0.1, -0.05) is 47.5 Å². The quantitative estimate of drug-likeness (QED) is 0.247. The van der Waals surface area contributed by atoms with Crippen molar-refractivity contribution in [3.63, 3.8) is 0 Å². The van der Waals surface area contributed by atoms with Crippen LogP contribution in [0.15, 0.2) is 70.0 Å². The SMILES string of the molecule is CCOc1cc(/C=C2/SC(=O)N(CC(=O)Nc3ccccc3Br)C2=O)ccc1OCc1ccc(Cl)c(Cl)c1. The molecule has 1 N–H and O–H groups in total. The van der Waals surface area contributed by atoms with E-state index in [1.807, 2.05) is 19.1 Å². The number of hydrogen-bond acceptors (Lipinski definition) is 6. The van der Waals surface area contributed by atoms with Crippen LogP contribution in [0.2, 0.25) is 10.0 Å². The number of rotatable bonds is 9. The molecule has 1 heterocycles. The Balaban J connectivity index is 1.45. The summed E-state index contributed by atoms with van der Waals surface area (Å²) in [6.45, 7) is 2.10. The molecule has 196 valence electrons. The topological polar surface area (TPSA) is 84.9 Å². The van der Waals surface area contributed by atoms with E-state index in [4.69, 9.17) is 32.7 Å². The molecule has 7 nitrogen and oxygen atoms in total. The molecule has 0 aliphatic carbocycles. The van der Waals surface area contributed by atoms with Crippen molar-refractivity contribution in [2.75, 3.05) is 18.5 Å². The van der Waals surface area contributed by atoms with Crippen molar-refractivity contribution in [1.82, 2.24) is 4.90 Å². The van der Waals surface area contributed by atoms with Gasteiger partial charge in [0.05, 0.1) is 27.2 Å². The van der Waals surface area contributed by atoms with Crippen molar-refractivity contribution >= 4 is 79.7 Å². The van der Waals surface area contributed by atoms with E-state index in [0.717, 1.165) is 22.2 Å². The van der Waals surface area contributed by atoms with Crippen LogP contribution in [0.25, 0.3) is 6.08 Å². The predicted octanol–water partition coefficient (Wildman–Crippen LogP) is 7.41. The minimum atomic E-state index is -0.541. The van der Waals surface area contributed by atoms with Crippen molar-refractivity contribution in [3.05, 3.63) is 91.2 Å². The van der Waals surface area contributed by atoms with Crippen LogP contribution >= 0.6 is 50.9 Å². The van der Waals surface area contributed by atoms with Gasteiger partial charge < -0.3 is 14.8 Å². The lowest BCUT2D eigenvalue weighted by Gasteiger charge is -2.13. The monoisotopic (exact) mass is 634 g/mol. The standard InChI is InChI=1S/C27H21BrCl2N2O5S/c1-2-36-23-12-16(8-10-22(23)37-15-17-7-9-19(29)20(30)11-17)13-24-26(34)32(27(35)38-24)14-25(33)31-21-6-4-3-5-18(21)28/h3-13H,2,14-15H2,1H3,(H,31,33)/b24-13+. The van der Waals surface area contributed by atoms with Crippen molar-refractivity contribution in [1.29, 1.82) is 0 Å². The van der Waals surface area contributed by atoms with E-state index in [-0.39, 0.29) is 11.5 Å². The van der Waals surface area contributed by atoms with E-state index in [9.17, 15) is 14.4 Å². The lowest BCUT2D eigenvalue weighted by atomic mass is 10.1. The number of imide groups is 1. The van der Waals surface area contributed by atoms with E-state index in [1.54, 1.807) is 54.6 Å². The van der Waals surface area contributed by atoms with Crippen molar-refractivity contribution in [3.8, 4) is 11.5 Å². The van der Waals surface area contributed by atoms with Gasteiger partial charge in [-0.3, -0.25) is 19.3 Å². The maximum absolute atomic E-state index is 12.9. The molecule has 0 bridgehead atoms. The van der Waals surface area contributed by atoms with E-state index in [1.165, 1.54) is 0 Å². The summed E-state index contributed by atoms with van der Waals surface area (Å²) >= 11 is 16.2. The number of hydrogen-bond donors (Lipinski definition) is 1. The Labute approximate surface area is 242 Å². The Hall–Kier alpha value is -2.98. The molecular weight excluding hydrogens is 615 g/mol. The van der Waals surface area contributed by atoms with Crippen LogP contribution in [0.5, 0.6) is 11.5 Å². The van der Waals surface area contributed by atoms with E-state index in [2.05, 4.69) is 21.2 Å². The van der Waals surface area contributed by atoms with Gasteiger partial charge in [-0.2, -0.15) is 0 Å². The Bertz CT molecular complexity index is 1430. The van der Waals surface area contributed by atoms with Crippen LogP contribution in [0, 0.1) is 0 Å². The van der Waals surface area contributed by atoms with Gasteiger partial charge in [0.1, 0.15) is 13.2 Å². The molecule has 0 radical (unpaired) electrons. The van der Waals surface area contributed by atoms with E-state index in [0.29, 0.717) is 43.9 Å². The first-order valence-corrected chi connectivity index (χ1v) is 13.7. The Morgan fingerprint density at radius 2 is 1.82 bits per heavy atom. The molecule has 1 aliphatic rings. The summed E-state index contributed by atoms with van der Waals surface area (Å²) in [5, 5.41) is 3.08. The summed E-state index contributed by atoms with van der Waals surface area (Å²) in [7, 11) is 0. The van der Waals surface area contributed by atoms with Crippen molar-refractivity contribution in [2.45, 2.75) is 13.5 Å². The molecule has 0 aromatic heterocycles. The molecule has 3 aromatic carbocycles. The molecule has 1 saturated heterocycles. The molecule has 0 atom stereocenters. The number of nitrogens with zero attached hydrogens (tertiary/aromatic N) is 1. The first-order valence-electron chi connectivity index (χ1n) is 11.4. The Morgan fingerprint density at radius 3 is 2.55 bits per heavy atom. The average Bonchev–Trinajstić information content (AvgIpc) is 3.14. The highest BCUT2D eigenvalue weighted by atomic mass is 79.9. The molecule has 1 fully saturated rings. The number of nitrogens with one attached hydrogen (secondary N) is 1. The molecule has 38 heavy (non-hydrogen) atoms. The fourth-order valence-electron chi connectivity index (χ4n) is 3.48. The molecule has 0 unspecified atom stereocenters. The first-order chi connectivity index (χ1) is 18.2. The molecule has 4 rings (SSSR count). The normalized spacial score (nSPS) is 14.2. The van der Waals surface area contributed by atoms with Crippen LogP contribution in [0.1, 0.15) is 18.1 Å². The van der Waals surface area contributed by atoms with Gasteiger partial charge in [0.15, 0.2) is 11.5 Å². The first kappa shape index (κ1) is 28.0.